The molecule has 1 aliphatic heterocycles. The van der Waals surface area contributed by atoms with E-state index in [1.54, 1.807) is 11.3 Å². The van der Waals surface area contributed by atoms with Gasteiger partial charge < -0.3 is 0 Å². The van der Waals surface area contributed by atoms with Gasteiger partial charge in [-0.05, 0) is 54.9 Å². The summed E-state index contributed by atoms with van der Waals surface area (Å²) in [6, 6.07) is 4.50. The van der Waals surface area contributed by atoms with Gasteiger partial charge in [-0.3, -0.25) is 4.90 Å². The zero-order valence-corrected chi connectivity index (χ0v) is 11.8. The molecule has 86 valence electrons. The summed E-state index contributed by atoms with van der Waals surface area (Å²) in [6.07, 6.45) is 3.76. The molecule has 0 aromatic carbocycles. The lowest BCUT2D eigenvalue weighted by Gasteiger charge is -2.29. The van der Waals surface area contributed by atoms with Crippen LogP contribution < -0.4 is 0 Å². The summed E-state index contributed by atoms with van der Waals surface area (Å²) >= 11 is 5.25. The van der Waals surface area contributed by atoms with Crippen molar-refractivity contribution in [1.82, 2.24) is 4.90 Å². The first-order valence-electron chi connectivity index (χ1n) is 5.62. The minimum atomic E-state index is -0.0460. The van der Waals surface area contributed by atoms with E-state index in [1.807, 2.05) is 0 Å². The maximum Gasteiger partial charge on any atom is 0.133 e. The van der Waals surface area contributed by atoms with Crippen molar-refractivity contribution < 1.29 is 0 Å². The van der Waals surface area contributed by atoms with Gasteiger partial charge in [-0.25, -0.2) is 0 Å². The van der Waals surface area contributed by atoms with Crippen LogP contribution in [0.4, 0.5) is 0 Å². The number of halogens is 1. The predicted molar refractivity (Wildman–Crippen MR) is 70.5 cm³/mol. The van der Waals surface area contributed by atoms with Crippen LogP contribution in [-0.4, -0.2) is 18.0 Å². The Balaban J connectivity index is 2.18. The predicted octanol–water partition coefficient (Wildman–Crippen LogP) is 3.87. The molecule has 1 aromatic heterocycles. The summed E-state index contributed by atoms with van der Waals surface area (Å²) < 4.78 is 1.13. The second kappa shape index (κ2) is 5.31. The molecule has 0 N–H and O–H groups in total. The molecule has 0 radical (unpaired) electrons. The van der Waals surface area contributed by atoms with E-state index < -0.39 is 0 Å². The monoisotopic (exact) mass is 298 g/mol. The highest BCUT2D eigenvalue weighted by molar-refractivity contribution is 9.10. The summed E-state index contributed by atoms with van der Waals surface area (Å²) in [4.78, 5) is 4.74. The molecule has 1 unspecified atom stereocenters. The fourth-order valence-corrected chi connectivity index (χ4v) is 3.76. The van der Waals surface area contributed by atoms with E-state index in [-0.39, 0.29) is 6.04 Å². The second-order valence-electron chi connectivity index (χ2n) is 4.18. The van der Waals surface area contributed by atoms with Gasteiger partial charge in [0.05, 0.1) is 6.07 Å². The molecule has 1 atom stereocenters. The van der Waals surface area contributed by atoms with Crippen LogP contribution >= 0.6 is 27.3 Å². The minimum absolute atomic E-state index is 0.0460. The van der Waals surface area contributed by atoms with Crippen molar-refractivity contribution in [2.24, 2.45) is 0 Å². The molecule has 16 heavy (non-hydrogen) atoms. The van der Waals surface area contributed by atoms with Crippen LogP contribution in [0.1, 0.15) is 35.1 Å². The molecular weight excluding hydrogens is 284 g/mol. The molecule has 1 fully saturated rings. The van der Waals surface area contributed by atoms with Crippen LogP contribution in [0.25, 0.3) is 0 Å². The number of hydrogen-bond donors (Lipinski definition) is 0. The Morgan fingerprint density at radius 3 is 2.62 bits per heavy atom. The molecule has 2 rings (SSSR count). The fourth-order valence-electron chi connectivity index (χ4n) is 2.12. The summed E-state index contributed by atoms with van der Waals surface area (Å²) in [6.45, 7) is 4.21. The SMILES string of the molecule is Cc1sc(C(C#N)N2CCCCC2)cc1Br. The smallest absolute Gasteiger partial charge is 0.133 e. The van der Waals surface area contributed by atoms with Gasteiger partial charge in [0.1, 0.15) is 6.04 Å². The van der Waals surface area contributed by atoms with E-state index in [9.17, 15) is 5.26 Å². The first-order valence-corrected chi connectivity index (χ1v) is 7.23. The van der Waals surface area contributed by atoms with Gasteiger partial charge >= 0.3 is 0 Å². The molecule has 0 aliphatic carbocycles. The average molecular weight is 299 g/mol. The highest BCUT2D eigenvalue weighted by atomic mass is 79.9. The Hall–Kier alpha value is -0.370. The van der Waals surface area contributed by atoms with Crippen LogP contribution in [0.2, 0.25) is 0 Å². The van der Waals surface area contributed by atoms with Gasteiger partial charge in [-0.2, -0.15) is 5.26 Å². The average Bonchev–Trinajstić information content (AvgIpc) is 2.61. The van der Waals surface area contributed by atoms with Crippen LogP contribution in [0.3, 0.4) is 0 Å². The lowest BCUT2D eigenvalue weighted by molar-refractivity contribution is 0.198. The Bertz CT molecular complexity index is 382. The quantitative estimate of drug-likeness (QED) is 0.829. The third kappa shape index (κ3) is 2.48. The van der Waals surface area contributed by atoms with Crippen molar-refractivity contribution in [3.8, 4) is 6.07 Å². The first-order chi connectivity index (χ1) is 7.72. The zero-order chi connectivity index (χ0) is 11.5. The van der Waals surface area contributed by atoms with E-state index in [2.05, 4.69) is 39.9 Å². The van der Waals surface area contributed by atoms with Crippen LogP contribution in [0.5, 0.6) is 0 Å². The minimum Gasteiger partial charge on any atom is -0.284 e. The van der Waals surface area contributed by atoms with Crippen molar-refractivity contribution in [1.29, 1.82) is 5.26 Å². The molecule has 2 nitrogen and oxygen atoms in total. The number of thiophene rings is 1. The second-order valence-corrected chi connectivity index (χ2v) is 6.32. The van der Waals surface area contributed by atoms with Gasteiger partial charge in [-0.1, -0.05) is 6.42 Å². The van der Waals surface area contributed by atoms with Gasteiger partial charge in [0, 0.05) is 14.2 Å². The van der Waals surface area contributed by atoms with Crippen LogP contribution in [0.15, 0.2) is 10.5 Å². The largest absolute Gasteiger partial charge is 0.284 e. The van der Waals surface area contributed by atoms with Gasteiger partial charge in [0.2, 0.25) is 0 Å². The van der Waals surface area contributed by atoms with E-state index in [0.29, 0.717) is 0 Å². The molecule has 0 saturated carbocycles. The molecule has 0 bridgehead atoms. The number of hydrogen-bond acceptors (Lipinski definition) is 3. The zero-order valence-electron chi connectivity index (χ0n) is 9.37. The van der Waals surface area contributed by atoms with E-state index >= 15 is 0 Å². The fraction of sp³-hybridized carbons (Fsp3) is 0.583. The van der Waals surface area contributed by atoms with Gasteiger partial charge in [-0.15, -0.1) is 11.3 Å². The van der Waals surface area contributed by atoms with Crippen molar-refractivity contribution in [3.63, 3.8) is 0 Å². The van der Waals surface area contributed by atoms with Crippen molar-refractivity contribution >= 4 is 27.3 Å². The summed E-state index contributed by atoms with van der Waals surface area (Å²) in [5.41, 5.74) is 0. The lowest BCUT2D eigenvalue weighted by atomic mass is 10.1. The van der Waals surface area contributed by atoms with Crippen molar-refractivity contribution in [2.75, 3.05) is 13.1 Å². The Labute approximate surface area is 109 Å². The number of aryl methyl sites for hydroxylation is 1. The molecule has 4 heteroatoms. The molecule has 1 saturated heterocycles. The third-order valence-corrected chi connectivity index (χ3v) is 5.21. The highest BCUT2D eigenvalue weighted by Gasteiger charge is 2.23. The summed E-state index contributed by atoms with van der Waals surface area (Å²) in [5, 5.41) is 9.33. The lowest BCUT2D eigenvalue weighted by Crippen LogP contribution is -2.32. The normalized spacial score (nSPS) is 19.3. The van der Waals surface area contributed by atoms with Crippen LogP contribution in [0, 0.1) is 18.3 Å². The maximum atomic E-state index is 9.33. The Kier molecular flexibility index (Phi) is 4.01. The number of piperidine rings is 1. The number of nitriles is 1. The first kappa shape index (κ1) is 12.1. The van der Waals surface area contributed by atoms with Crippen molar-refractivity contribution in [2.45, 2.75) is 32.2 Å². The number of rotatable bonds is 2. The van der Waals surface area contributed by atoms with Gasteiger partial charge in [0.25, 0.3) is 0 Å². The number of likely N-dealkylation sites (tertiary alicyclic amines) is 1. The number of nitrogens with zero attached hydrogens (tertiary/aromatic N) is 2. The summed E-state index contributed by atoms with van der Waals surface area (Å²) in [7, 11) is 0. The molecule has 1 aromatic rings. The molecule has 2 heterocycles. The highest BCUT2D eigenvalue weighted by Crippen LogP contribution is 2.34. The Morgan fingerprint density at radius 2 is 2.12 bits per heavy atom. The molecular formula is C12H15BrN2S. The van der Waals surface area contributed by atoms with Gasteiger partial charge in [0.15, 0.2) is 0 Å². The topological polar surface area (TPSA) is 27.0 Å². The van der Waals surface area contributed by atoms with E-state index in [1.165, 1.54) is 29.0 Å². The molecule has 1 aliphatic rings. The maximum absolute atomic E-state index is 9.33. The standard InChI is InChI=1S/C12H15BrN2S/c1-9-10(13)7-12(16-9)11(8-14)15-5-3-2-4-6-15/h7,11H,2-6H2,1H3. The summed E-state index contributed by atoms with van der Waals surface area (Å²) in [5.74, 6) is 0. The Morgan fingerprint density at radius 1 is 1.44 bits per heavy atom. The van der Waals surface area contributed by atoms with E-state index in [4.69, 9.17) is 0 Å². The van der Waals surface area contributed by atoms with E-state index in [0.717, 1.165) is 17.6 Å². The molecule has 0 amide bonds. The molecule has 0 spiro atoms. The van der Waals surface area contributed by atoms with Crippen LogP contribution in [-0.2, 0) is 0 Å². The van der Waals surface area contributed by atoms with Crippen molar-refractivity contribution in [3.05, 3.63) is 20.3 Å². The third-order valence-electron chi connectivity index (χ3n) is 3.02.